The summed E-state index contributed by atoms with van der Waals surface area (Å²) in [6, 6.07) is 0. The van der Waals surface area contributed by atoms with Gasteiger partial charge in [0.15, 0.2) is 0 Å². The molecule has 0 aromatic heterocycles. The summed E-state index contributed by atoms with van der Waals surface area (Å²) < 4.78 is 0. The van der Waals surface area contributed by atoms with Crippen LogP contribution in [0.4, 0.5) is 0 Å². The van der Waals surface area contributed by atoms with Crippen molar-refractivity contribution in [2.24, 2.45) is 5.92 Å². The SMILES string of the molecule is CC1=CC(C2CCCCC2)=CC1. The van der Waals surface area contributed by atoms with E-state index >= 15 is 0 Å². The Labute approximate surface area is 75.4 Å². The van der Waals surface area contributed by atoms with E-state index in [4.69, 9.17) is 0 Å². The quantitative estimate of drug-likeness (QED) is 0.549. The topological polar surface area (TPSA) is 0 Å². The van der Waals surface area contributed by atoms with Crippen LogP contribution in [-0.4, -0.2) is 0 Å². The fourth-order valence-electron chi connectivity index (χ4n) is 2.40. The highest BCUT2D eigenvalue weighted by molar-refractivity contribution is 5.33. The maximum atomic E-state index is 2.44. The summed E-state index contributed by atoms with van der Waals surface area (Å²) in [7, 11) is 0. The van der Waals surface area contributed by atoms with Gasteiger partial charge >= 0.3 is 0 Å². The summed E-state index contributed by atoms with van der Waals surface area (Å²) in [5.74, 6) is 0.913. The predicted molar refractivity (Wildman–Crippen MR) is 53.0 cm³/mol. The zero-order chi connectivity index (χ0) is 8.39. The molecule has 1 saturated carbocycles. The van der Waals surface area contributed by atoms with Crippen LogP contribution < -0.4 is 0 Å². The van der Waals surface area contributed by atoms with Crippen molar-refractivity contribution in [1.29, 1.82) is 0 Å². The van der Waals surface area contributed by atoms with Crippen LogP contribution in [0.2, 0.25) is 0 Å². The smallest absolute Gasteiger partial charge is 0.0132 e. The average molecular weight is 162 g/mol. The normalized spacial score (nSPS) is 25.4. The second kappa shape index (κ2) is 3.47. The van der Waals surface area contributed by atoms with E-state index in [1.807, 2.05) is 0 Å². The first-order valence-electron chi connectivity index (χ1n) is 5.23. The fraction of sp³-hybridized carbons (Fsp3) is 0.667. The lowest BCUT2D eigenvalue weighted by atomic mass is 9.84. The summed E-state index contributed by atoms with van der Waals surface area (Å²) in [6.45, 7) is 2.24. The Kier molecular flexibility index (Phi) is 2.34. The van der Waals surface area contributed by atoms with Gasteiger partial charge in [0.05, 0.1) is 0 Å². The van der Waals surface area contributed by atoms with Gasteiger partial charge in [0.2, 0.25) is 0 Å². The molecule has 0 amide bonds. The Morgan fingerprint density at radius 1 is 1.17 bits per heavy atom. The van der Waals surface area contributed by atoms with Gasteiger partial charge in [-0.1, -0.05) is 37.0 Å². The Balaban J connectivity index is 1.99. The van der Waals surface area contributed by atoms with E-state index in [9.17, 15) is 0 Å². The largest absolute Gasteiger partial charge is 0.0770 e. The summed E-state index contributed by atoms with van der Waals surface area (Å²) in [5.41, 5.74) is 3.20. The molecule has 2 rings (SSSR count). The minimum absolute atomic E-state index is 0.913. The van der Waals surface area contributed by atoms with Crippen LogP contribution in [0.25, 0.3) is 0 Å². The summed E-state index contributed by atoms with van der Waals surface area (Å²) >= 11 is 0. The number of hydrogen-bond acceptors (Lipinski definition) is 0. The van der Waals surface area contributed by atoms with Gasteiger partial charge < -0.3 is 0 Å². The van der Waals surface area contributed by atoms with Crippen LogP contribution >= 0.6 is 0 Å². The average Bonchev–Trinajstić information content (AvgIpc) is 2.54. The van der Waals surface area contributed by atoms with Crippen molar-refractivity contribution < 1.29 is 0 Å². The van der Waals surface area contributed by atoms with Crippen LogP contribution in [0.15, 0.2) is 23.3 Å². The minimum atomic E-state index is 0.913. The molecule has 0 N–H and O–H groups in total. The molecule has 1 fully saturated rings. The number of hydrogen-bond donors (Lipinski definition) is 0. The molecule has 0 atom stereocenters. The molecule has 0 radical (unpaired) electrons. The molecule has 0 spiro atoms. The molecular weight excluding hydrogens is 144 g/mol. The fourth-order valence-corrected chi connectivity index (χ4v) is 2.40. The molecule has 0 saturated heterocycles. The lowest BCUT2D eigenvalue weighted by molar-refractivity contribution is 0.408. The maximum Gasteiger partial charge on any atom is -0.0132 e. The third kappa shape index (κ3) is 1.63. The molecule has 0 bridgehead atoms. The maximum absolute atomic E-state index is 2.44. The monoisotopic (exact) mass is 162 g/mol. The molecule has 0 heterocycles. The Bertz CT molecular complexity index is 214. The van der Waals surface area contributed by atoms with Crippen LogP contribution in [-0.2, 0) is 0 Å². The van der Waals surface area contributed by atoms with Crippen molar-refractivity contribution in [2.45, 2.75) is 45.4 Å². The molecule has 0 heteroatoms. The molecule has 0 aliphatic heterocycles. The van der Waals surface area contributed by atoms with Gasteiger partial charge in [0, 0.05) is 0 Å². The van der Waals surface area contributed by atoms with Gasteiger partial charge in [-0.15, -0.1) is 0 Å². The van der Waals surface area contributed by atoms with E-state index in [0.717, 1.165) is 5.92 Å². The standard InChI is InChI=1S/C12H18/c1-10-7-8-12(9-10)11-5-3-2-4-6-11/h8-9,11H,2-7H2,1H3. The molecule has 12 heavy (non-hydrogen) atoms. The first kappa shape index (κ1) is 8.10. The molecule has 0 nitrogen and oxygen atoms in total. The second-order valence-corrected chi connectivity index (χ2v) is 4.23. The van der Waals surface area contributed by atoms with E-state index in [-0.39, 0.29) is 0 Å². The Morgan fingerprint density at radius 3 is 2.50 bits per heavy atom. The van der Waals surface area contributed by atoms with Crippen molar-refractivity contribution in [3.8, 4) is 0 Å². The molecule has 0 aromatic rings. The lowest BCUT2D eigenvalue weighted by Crippen LogP contribution is -2.06. The number of allylic oxidation sites excluding steroid dienone is 4. The molecule has 2 aliphatic rings. The zero-order valence-corrected chi connectivity index (χ0v) is 7.97. The van der Waals surface area contributed by atoms with Gasteiger partial charge in [0.25, 0.3) is 0 Å². The van der Waals surface area contributed by atoms with Crippen LogP contribution in [0.1, 0.15) is 45.4 Å². The van der Waals surface area contributed by atoms with E-state index in [1.165, 1.54) is 38.5 Å². The first-order chi connectivity index (χ1) is 5.86. The Morgan fingerprint density at radius 2 is 1.92 bits per heavy atom. The predicted octanol–water partition coefficient (Wildman–Crippen LogP) is 3.84. The zero-order valence-electron chi connectivity index (χ0n) is 7.97. The van der Waals surface area contributed by atoms with Gasteiger partial charge in [0.1, 0.15) is 0 Å². The van der Waals surface area contributed by atoms with E-state index in [1.54, 1.807) is 11.1 Å². The third-order valence-corrected chi connectivity index (χ3v) is 3.15. The molecule has 0 aromatic carbocycles. The van der Waals surface area contributed by atoms with E-state index in [0.29, 0.717) is 0 Å². The molecule has 66 valence electrons. The first-order valence-corrected chi connectivity index (χ1v) is 5.23. The van der Waals surface area contributed by atoms with Crippen molar-refractivity contribution >= 4 is 0 Å². The highest BCUT2D eigenvalue weighted by atomic mass is 14.2. The van der Waals surface area contributed by atoms with Gasteiger partial charge in [-0.05, 0) is 37.7 Å². The summed E-state index contributed by atoms with van der Waals surface area (Å²) in [4.78, 5) is 0. The summed E-state index contributed by atoms with van der Waals surface area (Å²) in [5, 5.41) is 0. The second-order valence-electron chi connectivity index (χ2n) is 4.23. The molecule has 0 unspecified atom stereocenters. The molecular formula is C12H18. The van der Waals surface area contributed by atoms with Gasteiger partial charge in [-0.3, -0.25) is 0 Å². The summed E-state index contributed by atoms with van der Waals surface area (Å²) in [6.07, 6.45) is 13.3. The highest BCUT2D eigenvalue weighted by Crippen LogP contribution is 2.33. The molecule has 2 aliphatic carbocycles. The van der Waals surface area contributed by atoms with Crippen molar-refractivity contribution in [1.82, 2.24) is 0 Å². The van der Waals surface area contributed by atoms with Gasteiger partial charge in [-0.25, -0.2) is 0 Å². The van der Waals surface area contributed by atoms with E-state index < -0.39 is 0 Å². The number of rotatable bonds is 1. The van der Waals surface area contributed by atoms with E-state index in [2.05, 4.69) is 19.1 Å². The van der Waals surface area contributed by atoms with Crippen molar-refractivity contribution in [2.75, 3.05) is 0 Å². The van der Waals surface area contributed by atoms with Crippen molar-refractivity contribution in [3.05, 3.63) is 23.3 Å². The third-order valence-electron chi connectivity index (χ3n) is 3.15. The lowest BCUT2D eigenvalue weighted by Gasteiger charge is -2.21. The Hall–Kier alpha value is -0.520. The van der Waals surface area contributed by atoms with Crippen LogP contribution in [0.5, 0.6) is 0 Å². The van der Waals surface area contributed by atoms with Crippen molar-refractivity contribution in [3.63, 3.8) is 0 Å². The minimum Gasteiger partial charge on any atom is -0.0770 e. The van der Waals surface area contributed by atoms with Gasteiger partial charge in [-0.2, -0.15) is 0 Å². The van der Waals surface area contributed by atoms with Crippen LogP contribution in [0, 0.1) is 5.92 Å². The highest BCUT2D eigenvalue weighted by Gasteiger charge is 2.17. The van der Waals surface area contributed by atoms with Crippen LogP contribution in [0.3, 0.4) is 0 Å².